The Morgan fingerprint density at radius 3 is 2.00 bits per heavy atom. The molecule has 1 fully saturated rings. The largest absolute Gasteiger partial charge is 0.385 e. The molecule has 0 unspecified atom stereocenters. The zero-order valence-electron chi connectivity index (χ0n) is 8.07. The molecule has 1 aliphatic rings. The van der Waals surface area contributed by atoms with Crippen molar-refractivity contribution in [2.24, 2.45) is 0 Å². The number of hydrogen-bond acceptors (Lipinski definition) is 3. The molecule has 0 spiro atoms. The van der Waals surface area contributed by atoms with Gasteiger partial charge in [-0.25, -0.2) is 0 Å². The molecule has 1 aromatic carbocycles. The maximum absolute atomic E-state index is 9.93. The van der Waals surface area contributed by atoms with E-state index in [4.69, 9.17) is 21.2 Å². The molecule has 1 aromatic rings. The van der Waals surface area contributed by atoms with Crippen LogP contribution < -0.4 is 0 Å². The third kappa shape index (κ3) is 2.90. The second-order valence-corrected chi connectivity index (χ2v) is 3.91. The van der Waals surface area contributed by atoms with E-state index >= 15 is 0 Å². The number of benzene rings is 1. The van der Waals surface area contributed by atoms with Crippen LogP contribution in [0.2, 0.25) is 5.02 Å². The summed E-state index contributed by atoms with van der Waals surface area (Å²) in [6.45, 7) is 0. The fourth-order valence-electron chi connectivity index (χ4n) is 1.56. The molecule has 0 bridgehead atoms. The Labute approximate surface area is 92.7 Å². The quantitative estimate of drug-likeness (QED) is 0.798. The number of halogens is 1. The highest BCUT2D eigenvalue weighted by Crippen LogP contribution is 2.41. The molecule has 1 saturated carbocycles. The third-order valence-corrected chi connectivity index (χ3v) is 2.81. The minimum absolute atomic E-state index is 0.250. The van der Waals surface area contributed by atoms with E-state index in [1.54, 1.807) is 0 Å². The van der Waals surface area contributed by atoms with Crippen LogP contribution in [0.15, 0.2) is 24.3 Å². The molecular formula is C11H11ClO3. The predicted molar refractivity (Wildman–Crippen MR) is 54.2 cm³/mol. The molecule has 0 aliphatic heterocycles. The summed E-state index contributed by atoms with van der Waals surface area (Å²) in [5.74, 6) is 0. The van der Waals surface area contributed by atoms with Gasteiger partial charge in [0.25, 0.3) is 0 Å². The van der Waals surface area contributed by atoms with Crippen molar-refractivity contribution in [3.63, 3.8) is 0 Å². The van der Waals surface area contributed by atoms with Crippen molar-refractivity contribution in [2.75, 3.05) is 0 Å². The summed E-state index contributed by atoms with van der Waals surface area (Å²) >= 11 is 5.74. The standard InChI is InChI=1S/C10H11ClO.CO2/c11-9-4-2-8(3-5-9)10(12)6-1-7-10;2-1-3/h2-5,12H,1,6-7H2;. The first-order valence-corrected chi connectivity index (χ1v) is 4.98. The number of hydrogen-bond donors (Lipinski definition) is 1. The van der Waals surface area contributed by atoms with Crippen molar-refractivity contribution in [3.8, 4) is 0 Å². The van der Waals surface area contributed by atoms with Crippen LogP contribution in [-0.2, 0) is 15.2 Å². The van der Waals surface area contributed by atoms with Gasteiger partial charge in [-0.2, -0.15) is 9.59 Å². The van der Waals surface area contributed by atoms with Crippen LogP contribution in [-0.4, -0.2) is 11.3 Å². The smallest absolute Gasteiger partial charge is 0.373 e. The molecule has 0 saturated heterocycles. The Kier molecular flexibility index (Phi) is 4.04. The zero-order valence-corrected chi connectivity index (χ0v) is 8.83. The van der Waals surface area contributed by atoms with Gasteiger partial charge < -0.3 is 5.11 Å². The molecule has 0 amide bonds. The lowest BCUT2D eigenvalue weighted by atomic mass is 9.75. The normalized spacial score (nSPS) is 16.7. The van der Waals surface area contributed by atoms with Gasteiger partial charge in [0, 0.05) is 5.02 Å². The van der Waals surface area contributed by atoms with Crippen LogP contribution in [0.5, 0.6) is 0 Å². The van der Waals surface area contributed by atoms with Crippen LogP contribution in [0.3, 0.4) is 0 Å². The third-order valence-electron chi connectivity index (χ3n) is 2.56. The fraction of sp³-hybridized carbons (Fsp3) is 0.364. The minimum Gasteiger partial charge on any atom is -0.385 e. The van der Waals surface area contributed by atoms with E-state index in [0.29, 0.717) is 0 Å². The second kappa shape index (κ2) is 5.08. The van der Waals surface area contributed by atoms with E-state index in [1.807, 2.05) is 24.3 Å². The molecule has 1 aliphatic carbocycles. The first-order chi connectivity index (χ1) is 7.12. The predicted octanol–water partition coefficient (Wildman–Crippen LogP) is 2.13. The van der Waals surface area contributed by atoms with Gasteiger partial charge in [0.05, 0.1) is 5.60 Å². The maximum Gasteiger partial charge on any atom is 0.373 e. The summed E-state index contributed by atoms with van der Waals surface area (Å²) in [5.41, 5.74) is 0.447. The Morgan fingerprint density at radius 2 is 1.67 bits per heavy atom. The Balaban J connectivity index is 0.000000337. The lowest BCUT2D eigenvalue weighted by molar-refractivity contribution is -0.191. The Hall–Kier alpha value is -1.15. The average molecular weight is 227 g/mol. The van der Waals surface area contributed by atoms with Crippen LogP contribution in [0.25, 0.3) is 0 Å². The lowest BCUT2D eigenvalue weighted by Gasteiger charge is -2.37. The van der Waals surface area contributed by atoms with Gasteiger partial charge >= 0.3 is 6.15 Å². The first kappa shape index (κ1) is 11.9. The summed E-state index contributed by atoms with van der Waals surface area (Å²) in [4.78, 5) is 16.2. The molecular weight excluding hydrogens is 216 g/mol. The van der Waals surface area contributed by atoms with Gasteiger partial charge in [-0.05, 0) is 37.0 Å². The van der Waals surface area contributed by atoms with Crippen LogP contribution in [0.4, 0.5) is 0 Å². The molecule has 0 radical (unpaired) electrons. The van der Waals surface area contributed by atoms with E-state index in [0.717, 1.165) is 29.8 Å². The van der Waals surface area contributed by atoms with Gasteiger partial charge in [-0.15, -0.1) is 0 Å². The molecule has 3 nitrogen and oxygen atoms in total. The second-order valence-electron chi connectivity index (χ2n) is 3.48. The lowest BCUT2D eigenvalue weighted by Crippen LogP contribution is -2.33. The fourth-order valence-corrected chi connectivity index (χ4v) is 1.69. The van der Waals surface area contributed by atoms with Crippen LogP contribution in [0, 0.1) is 0 Å². The Bertz CT molecular complexity index is 349. The molecule has 0 aromatic heterocycles. The highest BCUT2D eigenvalue weighted by Gasteiger charge is 2.35. The SMILES string of the molecule is O=C=O.OC1(c2ccc(Cl)cc2)CCC1. The van der Waals surface area contributed by atoms with Gasteiger partial charge in [0.1, 0.15) is 0 Å². The first-order valence-electron chi connectivity index (χ1n) is 4.60. The Morgan fingerprint density at radius 1 is 1.20 bits per heavy atom. The maximum atomic E-state index is 9.93. The molecule has 1 N–H and O–H groups in total. The van der Waals surface area contributed by atoms with E-state index < -0.39 is 5.60 Å². The van der Waals surface area contributed by atoms with Gasteiger partial charge in [-0.3, -0.25) is 0 Å². The highest BCUT2D eigenvalue weighted by molar-refractivity contribution is 6.30. The molecule has 15 heavy (non-hydrogen) atoms. The van der Waals surface area contributed by atoms with Crippen molar-refractivity contribution in [1.82, 2.24) is 0 Å². The van der Waals surface area contributed by atoms with E-state index in [-0.39, 0.29) is 6.15 Å². The van der Waals surface area contributed by atoms with Gasteiger partial charge in [-0.1, -0.05) is 23.7 Å². The van der Waals surface area contributed by atoms with E-state index in [9.17, 15) is 5.11 Å². The minimum atomic E-state index is -0.551. The number of aliphatic hydroxyl groups is 1. The summed E-state index contributed by atoms with van der Waals surface area (Å²) in [7, 11) is 0. The van der Waals surface area contributed by atoms with Crippen molar-refractivity contribution in [3.05, 3.63) is 34.9 Å². The number of rotatable bonds is 1. The molecule has 4 heteroatoms. The van der Waals surface area contributed by atoms with Crippen LogP contribution in [0.1, 0.15) is 24.8 Å². The van der Waals surface area contributed by atoms with Gasteiger partial charge in [0.15, 0.2) is 0 Å². The van der Waals surface area contributed by atoms with Crippen LogP contribution >= 0.6 is 11.6 Å². The molecule has 80 valence electrons. The van der Waals surface area contributed by atoms with Gasteiger partial charge in [0.2, 0.25) is 0 Å². The van der Waals surface area contributed by atoms with E-state index in [1.165, 1.54) is 0 Å². The van der Waals surface area contributed by atoms with Crippen molar-refractivity contribution in [2.45, 2.75) is 24.9 Å². The summed E-state index contributed by atoms with van der Waals surface area (Å²) < 4.78 is 0. The van der Waals surface area contributed by atoms with Crippen molar-refractivity contribution < 1.29 is 14.7 Å². The average Bonchev–Trinajstić information content (AvgIpc) is 2.17. The van der Waals surface area contributed by atoms with Crippen molar-refractivity contribution >= 4 is 17.8 Å². The zero-order chi connectivity index (χ0) is 11.3. The summed E-state index contributed by atoms with van der Waals surface area (Å²) in [6, 6.07) is 7.46. The molecule has 0 heterocycles. The monoisotopic (exact) mass is 226 g/mol. The van der Waals surface area contributed by atoms with Crippen molar-refractivity contribution in [1.29, 1.82) is 0 Å². The number of carbonyl (C=O) groups excluding carboxylic acids is 2. The topological polar surface area (TPSA) is 54.4 Å². The highest BCUT2D eigenvalue weighted by atomic mass is 35.5. The molecule has 0 atom stereocenters. The molecule has 2 rings (SSSR count). The summed E-state index contributed by atoms with van der Waals surface area (Å²) in [5, 5.41) is 10.7. The van der Waals surface area contributed by atoms with E-state index in [2.05, 4.69) is 0 Å². The summed E-state index contributed by atoms with van der Waals surface area (Å²) in [6.07, 6.45) is 3.14.